The van der Waals surface area contributed by atoms with Crippen LogP contribution in [0, 0.1) is 0 Å². The molecule has 104 valence electrons. The number of halogens is 1. The summed E-state index contributed by atoms with van der Waals surface area (Å²) in [6.45, 7) is 2.79. The smallest absolute Gasteiger partial charge is 0.338 e. The summed E-state index contributed by atoms with van der Waals surface area (Å²) in [5.74, 6) is -0.635. The van der Waals surface area contributed by atoms with Crippen LogP contribution in [0.2, 0.25) is 0 Å². The number of nitrogens with one attached hydrogen (secondary N) is 1. The topological polar surface area (TPSA) is 49.3 Å². The van der Waals surface area contributed by atoms with Gasteiger partial charge in [0.2, 0.25) is 0 Å². The van der Waals surface area contributed by atoms with Crippen LogP contribution in [0.3, 0.4) is 0 Å². The number of rotatable bonds is 5. The first kappa shape index (κ1) is 14.6. The number of hydrogen-bond acceptors (Lipinski definition) is 2. The molecule has 2 aromatic carbocycles. The van der Waals surface area contributed by atoms with Crippen molar-refractivity contribution < 1.29 is 9.90 Å². The Labute approximate surface area is 126 Å². The molecule has 0 spiro atoms. The minimum atomic E-state index is -0.938. The van der Waals surface area contributed by atoms with E-state index < -0.39 is 5.97 Å². The molecule has 0 aliphatic heterocycles. The summed E-state index contributed by atoms with van der Waals surface area (Å²) in [6.07, 6.45) is 0. The van der Waals surface area contributed by atoms with E-state index in [4.69, 9.17) is 0 Å². The molecule has 0 saturated carbocycles. The first-order valence-corrected chi connectivity index (χ1v) is 7.19. The molecule has 0 fully saturated rings. The number of benzene rings is 2. The Morgan fingerprint density at radius 2 is 1.90 bits per heavy atom. The summed E-state index contributed by atoms with van der Waals surface area (Å²) in [7, 11) is 0. The van der Waals surface area contributed by atoms with Gasteiger partial charge in [0.1, 0.15) is 0 Å². The lowest BCUT2D eigenvalue weighted by Gasteiger charge is -2.16. The number of aromatic carboxylic acids is 1. The second kappa shape index (κ2) is 6.57. The van der Waals surface area contributed by atoms with Crippen LogP contribution < -0.4 is 5.32 Å². The van der Waals surface area contributed by atoms with Crippen LogP contribution in [0.5, 0.6) is 0 Å². The second-order valence-electron chi connectivity index (χ2n) is 4.66. The zero-order valence-electron chi connectivity index (χ0n) is 11.1. The lowest BCUT2D eigenvalue weighted by molar-refractivity contribution is 0.0697. The highest BCUT2D eigenvalue weighted by Gasteiger charge is 2.14. The van der Waals surface area contributed by atoms with E-state index in [1.165, 1.54) is 5.56 Å². The molecule has 0 heterocycles. The van der Waals surface area contributed by atoms with Crippen molar-refractivity contribution in [2.75, 3.05) is 11.9 Å². The molecule has 0 aromatic heterocycles. The Kier molecular flexibility index (Phi) is 4.79. The van der Waals surface area contributed by atoms with Gasteiger partial charge in [-0.15, -0.1) is 0 Å². The highest BCUT2D eigenvalue weighted by Crippen LogP contribution is 2.25. The molecular weight excluding hydrogens is 318 g/mol. The van der Waals surface area contributed by atoms with Gasteiger partial charge < -0.3 is 10.4 Å². The van der Waals surface area contributed by atoms with E-state index in [9.17, 15) is 9.90 Å². The second-order valence-corrected chi connectivity index (χ2v) is 5.51. The van der Waals surface area contributed by atoms with Crippen LogP contribution in [0.1, 0.15) is 28.8 Å². The fourth-order valence-corrected chi connectivity index (χ4v) is 2.59. The van der Waals surface area contributed by atoms with Crippen LogP contribution in [-0.2, 0) is 0 Å². The van der Waals surface area contributed by atoms with Crippen molar-refractivity contribution in [1.29, 1.82) is 0 Å². The van der Waals surface area contributed by atoms with Crippen molar-refractivity contribution in [1.82, 2.24) is 0 Å². The minimum absolute atomic E-state index is 0.271. The standard InChI is InChI=1S/C16H16BrNO2/c1-11(12-6-3-2-4-7-12)10-18-14-9-5-8-13(17)15(14)16(19)20/h2-9,11,18H,10H2,1H3,(H,19,20). The predicted molar refractivity (Wildman–Crippen MR) is 84.4 cm³/mol. The summed E-state index contributed by atoms with van der Waals surface area (Å²) in [5.41, 5.74) is 2.13. The van der Waals surface area contributed by atoms with Gasteiger partial charge in [0.15, 0.2) is 0 Å². The van der Waals surface area contributed by atoms with Gasteiger partial charge in [-0.05, 0) is 39.5 Å². The van der Waals surface area contributed by atoms with E-state index in [-0.39, 0.29) is 5.56 Å². The highest BCUT2D eigenvalue weighted by molar-refractivity contribution is 9.10. The fraction of sp³-hybridized carbons (Fsp3) is 0.188. The lowest BCUT2D eigenvalue weighted by atomic mass is 10.0. The predicted octanol–water partition coefficient (Wildman–Crippen LogP) is 4.36. The molecule has 0 amide bonds. The highest BCUT2D eigenvalue weighted by atomic mass is 79.9. The molecule has 0 aliphatic rings. The quantitative estimate of drug-likeness (QED) is 0.854. The number of carboxylic acid groups (broad SMARTS) is 1. The first-order chi connectivity index (χ1) is 9.59. The number of carbonyl (C=O) groups is 1. The van der Waals surface area contributed by atoms with Gasteiger partial charge in [-0.3, -0.25) is 0 Å². The molecule has 4 heteroatoms. The van der Waals surface area contributed by atoms with Gasteiger partial charge in [0.05, 0.1) is 5.56 Å². The SMILES string of the molecule is CC(CNc1cccc(Br)c1C(=O)O)c1ccccc1. The fourth-order valence-electron chi connectivity index (χ4n) is 2.05. The van der Waals surface area contributed by atoms with Crippen LogP contribution in [-0.4, -0.2) is 17.6 Å². The van der Waals surface area contributed by atoms with Crippen LogP contribution in [0.4, 0.5) is 5.69 Å². The zero-order chi connectivity index (χ0) is 14.5. The van der Waals surface area contributed by atoms with Gasteiger partial charge in [-0.2, -0.15) is 0 Å². The van der Waals surface area contributed by atoms with E-state index in [1.54, 1.807) is 12.1 Å². The maximum absolute atomic E-state index is 11.3. The third kappa shape index (κ3) is 3.39. The van der Waals surface area contributed by atoms with Crippen molar-refractivity contribution in [3.05, 3.63) is 64.1 Å². The van der Waals surface area contributed by atoms with E-state index in [1.807, 2.05) is 24.3 Å². The molecule has 0 radical (unpaired) electrons. The molecule has 1 unspecified atom stereocenters. The Morgan fingerprint density at radius 3 is 2.55 bits per heavy atom. The Bertz CT molecular complexity index is 599. The monoisotopic (exact) mass is 333 g/mol. The van der Waals surface area contributed by atoms with E-state index >= 15 is 0 Å². The number of anilines is 1. The van der Waals surface area contributed by atoms with E-state index in [0.29, 0.717) is 22.6 Å². The number of hydrogen-bond donors (Lipinski definition) is 2. The summed E-state index contributed by atoms with van der Waals surface area (Å²) in [4.78, 5) is 11.3. The molecule has 1 atom stereocenters. The molecule has 3 nitrogen and oxygen atoms in total. The van der Waals surface area contributed by atoms with Crippen molar-refractivity contribution in [2.45, 2.75) is 12.8 Å². The third-order valence-electron chi connectivity index (χ3n) is 3.19. The van der Waals surface area contributed by atoms with Gasteiger partial charge in [0.25, 0.3) is 0 Å². The van der Waals surface area contributed by atoms with Crippen LogP contribution in [0.25, 0.3) is 0 Å². The molecule has 2 aromatic rings. The third-order valence-corrected chi connectivity index (χ3v) is 3.86. The summed E-state index contributed by atoms with van der Waals surface area (Å²) >= 11 is 3.28. The molecule has 2 N–H and O–H groups in total. The molecule has 2 rings (SSSR count). The van der Waals surface area contributed by atoms with Crippen LogP contribution >= 0.6 is 15.9 Å². The lowest BCUT2D eigenvalue weighted by Crippen LogP contribution is -2.13. The average Bonchev–Trinajstić information content (AvgIpc) is 2.45. The largest absolute Gasteiger partial charge is 0.478 e. The zero-order valence-corrected chi connectivity index (χ0v) is 12.7. The molecule has 0 bridgehead atoms. The van der Waals surface area contributed by atoms with Crippen LogP contribution in [0.15, 0.2) is 53.0 Å². The van der Waals surface area contributed by atoms with Crippen molar-refractivity contribution in [2.24, 2.45) is 0 Å². The average molecular weight is 334 g/mol. The van der Waals surface area contributed by atoms with Gasteiger partial charge in [0, 0.05) is 16.7 Å². The van der Waals surface area contributed by atoms with E-state index in [0.717, 1.165) is 0 Å². The maximum Gasteiger partial charge on any atom is 0.338 e. The summed E-state index contributed by atoms with van der Waals surface area (Å²) < 4.78 is 0.586. The Balaban J connectivity index is 2.12. The molecule has 0 saturated heterocycles. The van der Waals surface area contributed by atoms with Gasteiger partial charge in [-0.1, -0.05) is 43.3 Å². The first-order valence-electron chi connectivity index (χ1n) is 6.40. The summed E-state index contributed by atoms with van der Waals surface area (Å²) in [6, 6.07) is 15.5. The van der Waals surface area contributed by atoms with Crippen molar-refractivity contribution in [3.63, 3.8) is 0 Å². The van der Waals surface area contributed by atoms with Crippen molar-refractivity contribution in [3.8, 4) is 0 Å². The molecule has 0 aliphatic carbocycles. The normalized spacial score (nSPS) is 11.9. The Morgan fingerprint density at radius 1 is 1.20 bits per heavy atom. The van der Waals surface area contributed by atoms with Gasteiger partial charge >= 0.3 is 5.97 Å². The summed E-state index contributed by atoms with van der Waals surface area (Å²) in [5, 5.41) is 12.5. The molecular formula is C16H16BrNO2. The minimum Gasteiger partial charge on any atom is -0.478 e. The Hall–Kier alpha value is -1.81. The maximum atomic E-state index is 11.3. The van der Waals surface area contributed by atoms with Crippen molar-refractivity contribution >= 4 is 27.6 Å². The molecule has 20 heavy (non-hydrogen) atoms. The van der Waals surface area contributed by atoms with E-state index in [2.05, 4.69) is 40.3 Å². The van der Waals surface area contributed by atoms with Gasteiger partial charge in [-0.25, -0.2) is 4.79 Å². The number of carboxylic acids is 1.